The van der Waals surface area contributed by atoms with Gasteiger partial charge in [-0.3, -0.25) is 4.98 Å². The lowest BCUT2D eigenvalue weighted by molar-refractivity contribution is 0.468. The van der Waals surface area contributed by atoms with Crippen LogP contribution >= 0.6 is 0 Å². The third-order valence-electron chi connectivity index (χ3n) is 3.37. The number of hydrogen-bond donors (Lipinski definition) is 0. The standard InChI is InChI=1S/C17H10FN3O/c18-14-5-1-4-13-16(14)20-10-21-17(13)22-12-6-7-15-11(9-12)3-2-8-19-15/h1-10H. The number of para-hydroxylation sites is 1. The summed E-state index contributed by atoms with van der Waals surface area (Å²) in [5, 5.41) is 1.50. The summed E-state index contributed by atoms with van der Waals surface area (Å²) in [6.07, 6.45) is 3.03. The zero-order chi connectivity index (χ0) is 14.9. The lowest BCUT2D eigenvalue weighted by Crippen LogP contribution is -1.93. The van der Waals surface area contributed by atoms with E-state index < -0.39 is 5.82 Å². The molecule has 0 saturated carbocycles. The van der Waals surface area contributed by atoms with E-state index in [0.29, 0.717) is 17.0 Å². The minimum absolute atomic E-state index is 0.245. The van der Waals surface area contributed by atoms with Gasteiger partial charge in [-0.25, -0.2) is 14.4 Å². The summed E-state index contributed by atoms with van der Waals surface area (Å²) >= 11 is 0. The maximum absolute atomic E-state index is 13.8. The predicted octanol–water partition coefficient (Wildman–Crippen LogP) is 4.11. The van der Waals surface area contributed by atoms with Gasteiger partial charge in [-0.05, 0) is 36.4 Å². The van der Waals surface area contributed by atoms with E-state index in [4.69, 9.17) is 4.74 Å². The molecular formula is C17H10FN3O. The molecule has 2 heterocycles. The Bertz CT molecular complexity index is 988. The number of pyridine rings is 1. The molecule has 0 amide bonds. The Morgan fingerprint density at radius 1 is 0.909 bits per heavy atom. The average Bonchev–Trinajstić information content (AvgIpc) is 2.56. The molecule has 0 aliphatic rings. The Morgan fingerprint density at radius 2 is 1.86 bits per heavy atom. The molecule has 0 bridgehead atoms. The second kappa shape index (κ2) is 5.04. The highest BCUT2D eigenvalue weighted by molar-refractivity contribution is 5.84. The van der Waals surface area contributed by atoms with Gasteiger partial charge >= 0.3 is 0 Å². The van der Waals surface area contributed by atoms with Gasteiger partial charge in [-0.2, -0.15) is 0 Å². The molecule has 0 fully saturated rings. The fraction of sp³-hybridized carbons (Fsp3) is 0. The van der Waals surface area contributed by atoms with Crippen LogP contribution in [0.15, 0.2) is 61.1 Å². The number of hydrogen-bond acceptors (Lipinski definition) is 4. The SMILES string of the molecule is Fc1cccc2c(Oc3ccc4ncccc4c3)ncnc12. The van der Waals surface area contributed by atoms with Crippen LogP contribution < -0.4 is 4.74 Å². The number of ether oxygens (including phenoxy) is 1. The molecule has 2 aromatic carbocycles. The van der Waals surface area contributed by atoms with Gasteiger partial charge < -0.3 is 4.74 Å². The van der Waals surface area contributed by atoms with Crippen LogP contribution in [0.3, 0.4) is 0 Å². The van der Waals surface area contributed by atoms with Gasteiger partial charge in [0, 0.05) is 11.6 Å². The minimum atomic E-state index is -0.396. The van der Waals surface area contributed by atoms with Crippen molar-refractivity contribution in [2.45, 2.75) is 0 Å². The summed E-state index contributed by atoms with van der Waals surface area (Å²) in [7, 11) is 0. The predicted molar refractivity (Wildman–Crippen MR) is 81.3 cm³/mol. The number of halogens is 1. The molecule has 4 aromatic rings. The Morgan fingerprint density at radius 3 is 2.82 bits per heavy atom. The topological polar surface area (TPSA) is 47.9 Å². The highest BCUT2D eigenvalue weighted by atomic mass is 19.1. The molecule has 0 unspecified atom stereocenters. The average molecular weight is 291 g/mol. The number of benzene rings is 2. The van der Waals surface area contributed by atoms with Gasteiger partial charge in [0.2, 0.25) is 5.88 Å². The molecular weight excluding hydrogens is 281 g/mol. The number of fused-ring (bicyclic) bond motifs is 2. The van der Waals surface area contributed by atoms with E-state index in [1.165, 1.54) is 12.4 Å². The third kappa shape index (κ3) is 2.13. The van der Waals surface area contributed by atoms with Crippen molar-refractivity contribution in [3.63, 3.8) is 0 Å². The summed E-state index contributed by atoms with van der Waals surface area (Å²) < 4.78 is 19.6. The molecule has 2 aromatic heterocycles. The van der Waals surface area contributed by atoms with Crippen molar-refractivity contribution in [1.29, 1.82) is 0 Å². The summed E-state index contributed by atoms with van der Waals surface area (Å²) in [5.41, 5.74) is 1.13. The zero-order valence-corrected chi connectivity index (χ0v) is 11.4. The largest absolute Gasteiger partial charge is 0.438 e. The molecule has 5 heteroatoms. The Kier molecular flexibility index (Phi) is 2.89. The molecule has 0 N–H and O–H groups in total. The fourth-order valence-electron chi connectivity index (χ4n) is 2.34. The molecule has 0 radical (unpaired) electrons. The van der Waals surface area contributed by atoms with Gasteiger partial charge in [0.05, 0.1) is 10.9 Å². The van der Waals surface area contributed by atoms with E-state index in [0.717, 1.165) is 10.9 Å². The van der Waals surface area contributed by atoms with Crippen LogP contribution in [0.5, 0.6) is 11.6 Å². The monoisotopic (exact) mass is 291 g/mol. The van der Waals surface area contributed by atoms with Crippen LogP contribution in [0.25, 0.3) is 21.8 Å². The van der Waals surface area contributed by atoms with Gasteiger partial charge in [-0.15, -0.1) is 0 Å². The normalized spacial score (nSPS) is 11.0. The smallest absolute Gasteiger partial charge is 0.230 e. The lowest BCUT2D eigenvalue weighted by atomic mass is 10.2. The molecule has 0 spiro atoms. The first-order valence-electron chi connectivity index (χ1n) is 6.73. The number of aromatic nitrogens is 3. The van der Waals surface area contributed by atoms with Gasteiger partial charge in [0.1, 0.15) is 23.4 Å². The second-order valence-corrected chi connectivity index (χ2v) is 4.77. The van der Waals surface area contributed by atoms with Crippen LogP contribution in [0, 0.1) is 5.82 Å². The molecule has 0 aliphatic carbocycles. The van der Waals surface area contributed by atoms with Gasteiger partial charge in [-0.1, -0.05) is 12.1 Å². The molecule has 0 aliphatic heterocycles. The van der Waals surface area contributed by atoms with Crippen LogP contribution in [-0.4, -0.2) is 15.0 Å². The quantitative estimate of drug-likeness (QED) is 0.557. The van der Waals surface area contributed by atoms with E-state index in [2.05, 4.69) is 15.0 Å². The molecule has 106 valence electrons. The first-order valence-corrected chi connectivity index (χ1v) is 6.73. The fourth-order valence-corrected chi connectivity index (χ4v) is 2.34. The maximum Gasteiger partial charge on any atom is 0.230 e. The van der Waals surface area contributed by atoms with E-state index in [1.807, 2.05) is 30.3 Å². The van der Waals surface area contributed by atoms with Crippen molar-refractivity contribution >= 4 is 21.8 Å². The summed E-state index contributed by atoms with van der Waals surface area (Å²) in [6, 6.07) is 14.1. The van der Waals surface area contributed by atoms with Gasteiger partial charge in [0.25, 0.3) is 0 Å². The van der Waals surface area contributed by atoms with Crippen LogP contribution in [0.2, 0.25) is 0 Å². The third-order valence-corrected chi connectivity index (χ3v) is 3.37. The molecule has 22 heavy (non-hydrogen) atoms. The first-order chi connectivity index (χ1) is 10.8. The van der Waals surface area contributed by atoms with Crippen molar-refractivity contribution in [2.24, 2.45) is 0 Å². The van der Waals surface area contributed by atoms with E-state index in [9.17, 15) is 4.39 Å². The summed E-state index contributed by atoms with van der Waals surface area (Å²) in [6.45, 7) is 0. The zero-order valence-electron chi connectivity index (χ0n) is 11.4. The number of nitrogens with zero attached hydrogens (tertiary/aromatic N) is 3. The van der Waals surface area contributed by atoms with Crippen molar-refractivity contribution in [3.8, 4) is 11.6 Å². The van der Waals surface area contributed by atoms with E-state index in [-0.39, 0.29) is 5.52 Å². The maximum atomic E-state index is 13.8. The first kappa shape index (κ1) is 12.6. The Balaban J connectivity index is 1.80. The Labute approximate surface area is 125 Å². The lowest BCUT2D eigenvalue weighted by Gasteiger charge is -2.08. The van der Waals surface area contributed by atoms with Crippen LogP contribution in [0.1, 0.15) is 0 Å². The summed E-state index contributed by atoms with van der Waals surface area (Å²) in [4.78, 5) is 12.3. The number of rotatable bonds is 2. The van der Waals surface area contributed by atoms with E-state index in [1.54, 1.807) is 18.3 Å². The molecule has 0 atom stereocenters. The second-order valence-electron chi connectivity index (χ2n) is 4.77. The van der Waals surface area contributed by atoms with Crippen molar-refractivity contribution in [2.75, 3.05) is 0 Å². The van der Waals surface area contributed by atoms with Crippen molar-refractivity contribution in [1.82, 2.24) is 15.0 Å². The molecule has 4 rings (SSSR count). The highest BCUT2D eigenvalue weighted by Crippen LogP contribution is 2.29. The van der Waals surface area contributed by atoms with Crippen LogP contribution in [0.4, 0.5) is 4.39 Å². The van der Waals surface area contributed by atoms with Crippen LogP contribution in [-0.2, 0) is 0 Å². The minimum Gasteiger partial charge on any atom is -0.438 e. The van der Waals surface area contributed by atoms with Crippen molar-refractivity contribution < 1.29 is 9.13 Å². The van der Waals surface area contributed by atoms with Crippen molar-refractivity contribution in [3.05, 3.63) is 66.9 Å². The summed E-state index contributed by atoms with van der Waals surface area (Å²) in [5.74, 6) is 0.546. The Hall–Kier alpha value is -3.08. The van der Waals surface area contributed by atoms with E-state index >= 15 is 0 Å². The molecule has 0 saturated heterocycles. The highest BCUT2D eigenvalue weighted by Gasteiger charge is 2.09. The molecule has 4 nitrogen and oxygen atoms in total. The van der Waals surface area contributed by atoms with Gasteiger partial charge in [0.15, 0.2) is 0 Å².